The fourth-order valence-electron chi connectivity index (χ4n) is 1.49. The normalized spacial score (nSPS) is 16.4. The highest BCUT2D eigenvalue weighted by molar-refractivity contribution is 5.88. The van der Waals surface area contributed by atoms with Gasteiger partial charge in [-0.15, -0.1) is 0 Å². The van der Waals surface area contributed by atoms with E-state index in [9.17, 15) is 4.79 Å². The molecule has 0 radical (unpaired) electrons. The van der Waals surface area contributed by atoms with E-state index in [1.165, 1.54) is 6.42 Å². The van der Waals surface area contributed by atoms with Crippen LogP contribution in [0.2, 0.25) is 0 Å². The van der Waals surface area contributed by atoms with Crippen LogP contribution >= 0.6 is 0 Å². The van der Waals surface area contributed by atoms with Crippen LogP contribution in [-0.2, 0) is 4.74 Å². The third kappa shape index (κ3) is 1.49. The zero-order valence-corrected chi connectivity index (χ0v) is 8.02. The molecule has 5 nitrogen and oxygen atoms in total. The smallest absolute Gasteiger partial charge is 0.362 e. The number of nitrogens with zero attached hydrogens (tertiary/aromatic N) is 2. The molecule has 1 aromatic rings. The number of ether oxygens (including phenoxy) is 1. The zero-order chi connectivity index (χ0) is 9.97. The summed E-state index contributed by atoms with van der Waals surface area (Å²) >= 11 is 0. The maximum absolute atomic E-state index is 11.4. The van der Waals surface area contributed by atoms with Gasteiger partial charge in [-0.1, -0.05) is 11.6 Å². The number of carbonyl (C=O) groups excluding carboxylic acids is 1. The number of hydrogen-bond acceptors (Lipinski definition) is 5. The molecule has 0 aliphatic heterocycles. The molecule has 1 heterocycles. The molecule has 5 heteroatoms. The maximum atomic E-state index is 11.4. The second-order valence-corrected chi connectivity index (χ2v) is 3.35. The van der Waals surface area contributed by atoms with Gasteiger partial charge >= 0.3 is 5.97 Å². The quantitative estimate of drug-likeness (QED) is 0.685. The molecule has 1 aliphatic rings. The molecule has 0 bridgehead atoms. The fraction of sp³-hybridized carbons (Fsp3) is 0.667. The molecular weight excluding hydrogens is 184 g/mol. The highest BCUT2D eigenvalue weighted by Gasteiger charge is 2.30. The topological polar surface area (TPSA) is 65.2 Å². The van der Waals surface area contributed by atoms with E-state index in [-0.39, 0.29) is 5.69 Å². The summed E-state index contributed by atoms with van der Waals surface area (Å²) in [6.45, 7) is 2.10. The van der Waals surface area contributed by atoms with Crippen molar-refractivity contribution < 1.29 is 14.2 Å². The van der Waals surface area contributed by atoms with E-state index in [1.807, 2.05) is 0 Å². The standard InChI is InChI=1S/C9H12N2O3/c1-2-13-9(12)8-7(10-14-11-8)6-4-3-5-6/h6H,2-5H2,1H3. The summed E-state index contributed by atoms with van der Waals surface area (Å²) in [5.74, 6) is -0.101. The first-order valence-corrected chi connectivity index (χ1v) is 4.82. The van der Waals surface area contributed by atoms with E-state index in [0.717, 1.165) is 12.8 Å². The van der Waals surface area contributed by atoms with Crippen LogP contribution in [0.1, 0.15) is 48.3 Å². The van der Waals surface area contributed by atoms with E-state index in [2.05, 4.69) is 14.9 Å². The van der Waals surface area contributed by atoms with Crippen LogP contribution in [0.4, 0.5) is 0 Å². The number of carbonyl (C=O) groups is 1. The minimum Gasteiger partial charge on any atom is -0.461 e. The Hall–Kier alpha value is -1.39. The molecule has 14 heavy (non-hydrogen) atoms. The van der Waals surface area contributed by atoms with Crippen molar-refractivity contribution in [3.05, 3.63) is 11.4 Å². The van der Waals surface area contributed by atoms with E-state index < -0.39 is 5.97 Å². The number of rotatable bonds is 3. The van der Waals surface area contributed by atoms with Gasteiger partial charge in [0.25, 0.3) is 0 Å². The Morgan fingerprint density at radius 3 is 2.93 bits per heavy atom. The van der Waals surface area contributed by atoms with Gasteiger partial charge in [0, 0.05) is 5.92 Å². The summed E-state index contributed by atoms with van der Waals surface area (Å²) in [7, 11) is 0. The minimum absolute atomic E-state index is 0.247. The predicted molar refractivity (Wildman–Crippen MR) is 46.8 cm³/mol. The third-order valence-electron chi connectivity index (χ3n) is 2.47. The van der Waals surface area contributed by atoms with Crippen molar-refractivity contribution >= 4 is 5.97 Å². The maximum Gasteiger partial charge on any atom is 0.362 e. The van der Waals surface area contributed by atoms with Crippen LogP contribution in [0, 0.1) is 0 Å². The molecule has 0 unspecified atom stereocenters. The monoisotopic (exact) mass is 196 g/mol. The van der Waals surface area contributed by atoms with E-state index >= 15 is 0 Å². The van der Waals surface area contributed by atoms with Crippen LogP contribution in [-0.4, -0.2) is 22.9 Å². The molecule has 0 saturated heterocycles. The van der Waals surface area contributed by atoms with E-state index in [0.29, 0.717) is 18.2 Å². The molecular formula is C9H12N2O3. The highest BCUT2D eigenvalue weighted by atomic mass is 16.6. The second-order valence-electron chi connectivity index (χ2n) is 3.35. The van der Waals surface area contributed by atoms with Gasteiger partial charge in [-0.3, -0.25) is 0 Å². The molecule has 1 saturated carbocycles. The lowest BCUT2D eigenvalue weighted by molar-refractivity contribution is 0.0512. The summed E-state index contributed by atoms with van der Waals surface area (Å²) < 4.78 is 9.41. The first kappa shape index (κ1) is 9.18. The van der Waals surface area contributed by atoms with Gasteiger partial charge in [-0.05, 0) is 24.9 Å². The molecule has 0 N–H and O–H groups in total. The van der Waals surface area contributed by atoms with Gasteiger partial charge in [0.2, 0.25) is 5.69 Å². The largest absolute Gasteiger partial charge is 0.461 e. The molecule has 0 spiro atoms. The summed E-state index contributed by atoms with van der Waals surface area (Å²) in [4.78, 5) is 11.4. The lowest BCUT2D eigenvalue weighted by atomic mass is 9.82. The third-order valence-corrected chi connectivity index (χ3v) is 2.47. The Balaban J connectivity index is 2.16. The number of esters is 1. The lowest BCUT2D eigenvalue weighted by Gasteiger charge is -2.22. The molecule has 1 aliphatic carbocycles. The average molecular weight is 196 g/mol. The summed E-state index contributed by atoms with van der Waals surface area (Å²) in [5, 5.41) is 7.33. The van der Waals surface area contributed by atoms with Gasteiger partial charge in [-0.25, -0.2) is 9.42 Å². The SMILES string of the molecule is CCOC(=O)c1nonc1C1CCC1. The Bertz CT molecular complexity index is 331. The molecule has 76 valence electrons. The fourth-order valence-corrected chi connectivity index (χ4v) is 1.49. The van der Waals surface area contributed by atoms with Crippen molar-refractivity contribution in [2.75, 3.05) is 6.61 Å². The Labute approximate surface area is 81.4 Å². The van der Waals surface area contributed by atoms with Crippen LogP contribution in [0.15, 0.2) is 4.63 Å². The highest BCUT2D eigenvalue weighted by Crippen LogP contribution is 2.36. The van der Waals surface area contributed by atoms with E-state index in [4.69, 9.17) is 4.74 Å². The first-order chi connectivity index (χ1) is 6.83. The van der Waals surface area contributed by atoms with Crippen LogP contribution in [0.25, 0.3) is 0 Å². The molecule has 2 rings (SSSR count). The molecule has 1 aromatic heterocycles. The molecule has 1 fully saturated rings. The minimum atomic E-state index is -0.435. The summed E-state index contributed by atoms with van der Waals surface area (Å²) in [6.07, 6.45) is 3.29. The van der Waals surface area contributed by atoms with Gasteiger partial charge < -0.3 is 4.74 Å². The van der Waals surface area contributed by atoms with Crippen molar-refractivity contribution in [3.8, 4) is 0 Å². The Morgan fingerprint density at radius 1 is 1.57 bits per heavy atom. The van der Waals surface area contributed by atoms with E-state index in [1.54, 1.807) is 6.92 Å². The van der Waals surface area contributed by atoms with Gasteiger partial charge in [0.1, 0.15) is 5.69 Å². The summed E-state index contributed by atoms with van der Waals surface area (Å²) in [6, 6.07) is 0. The molecule has 0 amide bonds. The van der Waals surface area contributed by atoms with Crippen LogP contribution in [0.3, 0.4) is 0 Å². The lowest BCUT2D eigenvalue weighted by Crippen LogP contribution is -2.15. The second kappa shape index (κ2) is 3.77. The zero-order valence-electron chi connectivity index (χ0n) is 8.02. The van der Waals surface area contributed by atoms with Crippen molar-refractivity contribution in [2.24, 2.45) is 0 Å². The van der Waals surface area contributed by atoms with Crippen LogP contribution in [0.5, 0.6) is 0 Å². The summed E-state index contributed by atoms with van der Waals surface area (Å²) in [5.41, 5.74) is 0.909. The predicted octanol–water partition coefficient (Wildman–Crippen LogP) is 1.51. The van der Waals surface area contributed by atoms with Crippen molar-refractivity contribution in [2.45, 2.75) is 32.1 Å². The molecule has 0 atom stereocenters. The number of hydrogen-bond donors (Lipinski definition) is 0. The van der Waals surface area contributed by atoms with Crippen molar-refractivity contribution in [1.29, 1.82) is 0 Å². The molecule has 0 aromatic carbocycles. The van der Waals surface area contributed by atoms with Gasteiger partial charge in [0.05, 0.1) is 6.61 Å². The number of aromatic nitrogens is 2. The van der Waals surface area contributed by atoms with Crippen molar-refractivity contribution in [1.82, 2.24) is 10.3 Å². The first-order valence-electron chi connectivity index (χ1n) is 4.82. The Kier molecular flexibility index (Phi) is 2.47. The Morgan fingerprint density at radius 2 is 2.36 bits per heavy atom. The average Bonchev–Trinajstić information content (AvgIpc) is 2.50. The van der Waals surface area contributed by atoms with Gasteiger partial charge in [-0.2, -0.15) is 0 Å². The van der Waals surface area contributed by atoms with Gasteiger partial charge in [0.15, 0.2) is 0 Å². The van der Waals surface area contributed by atoms with Crippen LogP contribution < -0.4 is 0 Å². The van der Waals surface area contributed by atoms with Crippen molar-refractivity contribution in [3.63, 3.8) is 0 Å².